The summed E-state index contributed by atoms with van der Waals surface area (Å²) >= 11 is 0. The van der Waals surface area contributed by atoms with Crippen molar-refractivity contribution in [2.75, 3.05) is 23.7 Å². The molecule has 0 saturated heterocycles. The van der Waals surface area contributed by atoms with Crippen molar-refractivity contribution in [3.05, 3.63) is 65.7 Å². The van der Waals surface area contributed by atoms with Crippen molar-refractivity contribution >= 4 is 27.5 Å². The van der Waals surface area contributed by atoms with Crippen LogP contribution in [0.1, 0.15) is 51.2 Å². The van der Waals surface area contributed by atoms with Crippen LogP contribution in [0.4, 0.5) is 5.69 Å². The number of benzene rings is 2. The van der Waals surface area contributed by atoms with Gasteiger partial charge in [-0.25, -0.2) is 8.42 Å². The topological polar surface area (TPSA) is 86.8 Å². The first kappa shape index (κ1) is 28.4. The van der Waals surface area contributed by atoms with Gasteiger partial charge in [-0.2, -0.15) is 0 Å². The second-order valence-electron chi connectivity index (χ2n) is 9.34. The molecule has 1 N–H and O–H groups in total. The highest BCUT2D eigenvalue weighted by molar-refractivity contribution is 7.92. The zero-order chi connectivity index (χ0) is 26.0. The minimum absolute atomic E-state index is 0.138. The summed E-state index contributed by atoms with van der Waals surface area (Å²) in [6.07, 6.45) is 2.14. The Kier molecular flexibility index (Phi) is 10.8. The zero-order valence-electron chi connectivity index (χ0n) is 21.5. The molecular weight excluding hydrogens is 462 g/mol. The second-order valence-corrected chi connectivity index (χ2v) is 11.3. The maximum atomic E-state index is 13.4. The summed E-state index contributed by atoms with van der Waals surface area (Å²) in [5.41, 5.74) is 2.55. The van der Waals surface area contributed by atoms with Crippen molar-refractivity contribution in [2.24, 2.45) is 5.92 Å². The molecule has 2 amide bonds. The molecule has 2 aromatic rings. The largest absolute Gasteiger partial charge is 0.354 e. The van der Waals surface area contributed by atoms with Gasteiger partial charge in [-0.3, -0.25) is 13.9 Å². The van der Waals surface area contributed by atoms with E-state index in [1.165, 1.54) is 10.6 Å². The van der Waals surface area contributed by atoms with Crippen LogP contribution in [0, 0.1) is 12.8 Å². The number of anilines is 1. The van der Waals surface area contributed by atoms with E-state index >= 15 is 0 Å². The van der Waals surface area contributed by atoms with Crippen LogP contribution >= 0.6 is 0 Å². The third-order valence-corrected chi connectivity index (χ3v) is 6.93. The lowest BCUT2D eigenvalue weighted by molar-refractivity contribution is -0.141. The summed E-state index contributed by atoms with van der Waals surface area (Å²) in [6.45, 7) is 8.93. The Balaban J connectivity index is 2.17. The number of aryl methyl sites for hydroxylation is 1. The van der Waals surface area contributed by atoms with Gasteiger partial charge >= 0.3 is 0 Å². The highest BCUT2D eigenvalue weighted by Crippen LogP contribution is 2.20. The number of nitrogens with zero attached hydrogens (tertiary/aromatic N) is 2. The number of nitrogens with one attached hydrogen (secondary N) is 1. The Bertz CT molecular complexity index is 1050. The van der Waals surface area contributed by atoms with Gasteiger partial charge in [0.1, 0.15) is 6.04 Å². The highest BCUT2D eigenvalue weighted by atomic mass is 32.2. The molecule has 0 aliphatic carbocycles. The Labute approximate surface area is 210 Å². The average Bonchev–Trinajstić information content (AvgIpc) is 2.81. The molecule has 1 atom stereocenters. The van der Waals surface area contributed by atoms with Crippen molar-refractivity contribution < 1.29 is 18.0 Å². The molecule has 0 aliphatic rings. The fourth-order valence-electron chi connectivity index (χ4n) is 3.84. The number of rotatable bonds is 13. The number of carbonyl (C=O) groups is 2. The van der Waals surface area contributed by atoms with Gasteiger partial charge < -0.3 is 10.2 Å². The predicted octanol–water partition coefficient (Wildman–Crippen LogP) is 4.12. The molecule has 8 heteroatoms. The summed E-state index contributed by atoms with van der Waals surface area (Å²) in [5, 5.41) is 2.95. The maximum Gasteiger partial charge on any atom is 0.242 e. The van der Waals surface area contributed by atoms with E-state index in [0.717, 1.165) is 11.1 Å². The van der Waals surface area contributed by atoms with Crippen LogP contribution in [0.2, 0.25) is 0 Å². The highest BCUT2D eigenvalue weighted by Gasteiger charge is 2.28. The Morgan fingerprint density at radius 3 is 2.17 bits per heavy atom. The normalized spacial score (nSPS) is 12.3. The van der Waals surface area contributed by atoms with E-state index in [2.05, 4.69) is 5.32 Å². The number of sulfonamides is 1. The van der Waals surface area contributed by atoms with Crippen molar-refractivity contribution in [3.63, 3.8) is 0 Å². The number of hydrogen-bond donors (Lipinski definition) is 1. The van der Waals surface area contributed by atoms with E-state index in [1.807, 2.05) is 70.2 Å². The van der Waals surface area contributed by atoms with Gasteiger partial charge in [-0.15, -0.1) is 0 Å². The van der Waals surface area contributed by atoms with Gasteiger partial charge in [0.25, 0.3) is 0 Å². The van der Waals surface area contributed by atoms with Gasteiger partial charge in [-0.1, -0.05) is 68.8 Å². The van der Waals surface area contributed by atoms with E-state index in [4.69, 9.17) is 0 Å². The first-order chi connectivity index (χ1) is 16.5. The van der Waals surface area contributed by atoms with Crippen LogP contribution in [0.5, 0.6) is 0 Å². The zero-order valence-corrected chi connectivity index (χ0v) is 22.3. The summed E-state index contributed by atoms with van der Waals surface area (Å²) in [5.74, 6) is -0.0286. The van der Waals surface area contributed by atoms with Crippen LogP contribution in [0.25, 0.3) is 0 Å². The van der Waals surface area contributed by atoms with E-state index < -0.39 is 16.1 Å². The Morgan fingerprint density at radius 2 is 1.63 bits per heavy atom. The average molecular weight is 502 g/mol. The minimum Gasteiger partial charge on any atom is -0.354 e. The predicted molar refractivity (Wildman–Crippen MR) is 142 cm³/mol. The van der Waals surface area contributed by atoms with E-state index in [1.54, 1.807) is 17.0 Å². The van der Waals surface area contributed by atoms with Crippen LogP contribution in [-0.2, 0) is 26.2 Å². The smallest absolute Gasteiger partial charge is 0.242 e. The Morgan fingerprint density at radius 1 is 1.00 bits per heavy atom. The molecular formula is C27H39N3O4S. The summed E-state index contributed by atoms with van der Waals surface area (Å²) < 4.78 is 26.2. The first-order valence-corrected chi connectivity index (χ1v) is 14.0. The van der Waals surface area contributed by atoms with Crippen LogP contribution in [-0.4, -0.2) is 50.5 Å². The molecule has 0 fully saturated rings. The minimum atomic E-state index is -3.50. The van der Waals surface area contributed by atoms with Gasteiger partial charge in [0.15, 0.2) is 0 Å². The van der Waals surface area contributed by atoms with Crippen molar-refractivity contribution in [2.45, 2.75) is 59.5 Å². The molecule has 192 valence electrons. The molecule has 0 aromatic heterocycles. The fourth-order valence-corrected chi connectivity index (χ4v) is 4.80. The molecule has 0 radical (unpaired) electrons. The molecule has 2 aromatic carbocycles. The third kappa shape index (κ3) is 9.02. The van der Waals surface area contributed by atoms with E-state index in [9.17, 15) is 18.0 Å². The Hall–Kier alpha value is -2.87. The van der Waals surface area contributed by atoms with Crippen molar-refractivity contribution in [1.29, 1.82) is 0 Å². The third-order valence-electron chi connectivity index (χ3n) is 5.74. The number of carbonyl (C=O) groups excluding carboxylic acids is 2. The van der Waals surface area contributed by atoms with E-state index in [-0.39, 0.29) is 24.8 Å². The molecule has 0 saturated carbocycles. The molecule has 0 spiro atoms. The standard InChI is InChI=1S/C27H39N3O4S/c1-6-25(27(32)28-19-21(2)3)29(20-23-11-8-7-9-12-23)26(31)13-10-18-30(35(5,33)34)24-16-14-22(4)15-17-24/h7-9,11-12,14-17,21,25H,6,10,13,18-20H2,1-5H3,(H,28,32)/t25-/m0/s1. The number of amides is 2. The molecule has 7 nitrogen and oxygen atoms in total. The maximum absolute atomic E-state index is 13.4. The molecule has 0 unspecified atom stereocenters. The molecule has 35 heavy (non-hydrogen) atoms. The molecule has 0 heterocycles. The van der Waals surface area contributed by atoms with Crippen molar-refractivity contribution in [1.82, 2.24) is 10.2 Å². The summed E-state index contributed by atoms with van der Waals surface area (Å²) in [7, 11) is -3.50. The lowest BCUT2D eigenvalue weighted by atomic mass is 10.1. The van der Waals surface area contributed by atoms with Crippen LogP contribution in [0.15, 0.2) is 54.6 Å². The van der Waals surface area contributed by atoms with Gasteiger partial charge in [-0.05, 0) is 43.4 Å². The van der Waals surface area contributed by atoms with Crippen LogP contribution < -0.4 is 9.62 Å². The quantitative estimate of drug-likeness (QED) is 0.447. The molecule has 0 aliphatic heterocycles. The fraction of sp³-hybridized carbons (Fsp3) is 0.481. The summed E-state index contributed by atoms with van der Waals surface area (Å²) in [6, 6.07) is 16.3. The van der Waals surface area contributed by atoms with Gasteiger partial charge in [0, 0.05) is 26.1 Å². The molecule has 2 rings (SSSR count). The monoisotopic (exact) mass is 501 g/mol. The second kappa shape index (κ2) is 13.3. The molecule has 0 bridgehead atoms. The lowest BCUT2D eigenvalue weighted by Crippen LogP contribution is -2.49. The van der Waals surface area contributed by atoms with Crippen molar-refractivity contribution in [3.8, 4) is 0 Å². The number of hydrogen-bond acceptors (Lipinski definition) is 4. The van der Waals surface area contributed by atoms with Gasteiger partial charge in [0.2, 0.25) is 21.8 Å². The van der Waals surface area contributed by atoms with E-state index in [0.29, 0.717) is 37.5 Å². The first-order valence-electron chi connectivity index (χ1n) is 12.2. The van der Waals surface area contributed by atoms with Crippen LogP contribution in [0.3, 0.4) is 0 Å². The lowest BCUT2D eigenvalue weighted by Gasteiger charge is -2.31. The SMILES string of the molecule is CC[C@@H](C(=O)NCC(C)C)N(Cc1ccccc1)C(=O)CCCN(c1ccc(C)cc1)S(C)(=O)=O. The summed E-state index contributed by atoms with van der Waals surface area (Å²) in [4.78, 5) is 28.0. The van der Waals surface area contributed by atoms with Gasteiger partial charge in [0.05, 0.1) is 11.9 Å².